The van der Waals surface area contributed by atoms with E-state index in [2.05, 4.69) is 0 Å². The summed E-state index contributed by atoms with van der Waals surface area (Å²) < 4.78 is 0. The SMILES string of the molecule is CN(CC(=O)N1CCCC1)C(=O)[C@@H](N)Cc1ccccc1. The average molecular weight is 289 g/mol. The highest BCUT2D eigenvalue weighted by molar-refractivity contribution is 5.87. The molecule has 1 aliphatic rings. The summed E-state index contributed by atoms with van der Waals surface area (Å²) in [5.41, 5.74) is 6.99. The van der Waals surface area contributed by atoms with Gasteiger partial charge in [-0.2, -0.15) is 0 Å². The fraction of sp³-hybridized carbons (Fsp3) is 0.500. The van der Waals surface area contributed by atoms with Gasteiger partial charge in [0.25, 0.3) is 0 Å². The fourth-order valence-electron chi connectivity index (χ4n) is 2.59. The third kappa shape index (κ3) is 4.29. The van der Waals surface area contributed by atoms with Crippen LogP contribution >= 0.6 is 0 Å². The lowest BCUT2D eigenvalue weighted by atomic mass is 10.1. The molecular formula is C16H23N3O2. The van der Waals surface area contributed by atoms with E-state index in [1.807, 2.05) is 35.2 Å². The number of hydrogen-bond acceptors (Lipinski definition) is 3. The van der Waals surface area contributed by atoms with Crippen LogP contribution in [0.2, 0.25) is 0 Å². The predicted molar refractivity (Wildman–Crippen MR) is 81.6 cm³/mol. The van der Waals surface area contributed by atoms with E-state index >= 15 is 0 Å². The molecule has 114 valence electrons. The maximum absolute atomic E-state index is 12.2. The fourth-order valence-corrected chi connectivity index (χ4v) is 2.59. The Morgan fingerprint density at radius 1 is 1.24 bits per heavy atom. The van der Waals surface area contributed by atoms with Gasteiger partial charge in [0.05, 0.1) is 12.6 Å². The molecule has 1 heterocycles. The zero-order valence-electron chi connectivity index (χ0n) is 12.5. The van der Waals surface area contributed by atoms with Crippen molar-refractivity contribution in [3.63, 3.8) is 0 Å². The zero-order chi connectivity index (χ0) is 15.2. The van der Waals surface area contributed by atoms with E-state index < -0.39 is 6.04 Å². The van der Waals surface area contributed by atoms with Crippen LogP contribution in [0, 0.1) is 0 Å². The normalized spacial score (nSPS) is 15.8. The summed E-state index contributed by atoms with van der Waals surface area (Å²) >= 11 is 0. The van der Waals surface area contributed by atoms with E-state index in [0.717, 1.165) is 31.5 Å². The number of rotatable bonds is 5. The van der Waals surface area contributed by atoms with Crippen molar-refractivity contribution in [2.75, 3.05) is 26.7 Å². The molecule has 0 spiro atoms. The lowest BCUT2D eigenvalue weighted by Gasteiger charge is -2.23. The van der Waals surface area contributed by atoms with E-state index in [1.54, 1.807) is 7.05 Å². The Bertz CT molecular complexity index is 484. The molecule has 1 aromatic carbocycles. The second-order valence-electron chi connectivity index (χ2n) is 5.58. The van der Waals surface area contributed by atoms with Crippen molar-refractivity contribution in [3.8, 4) is 0 Å². The van der Waals surface area contributed by atoms with Crippen LogP contribution < -0.4 is 5.73 Å². The Labute approximate surface area is 125 Å². The van der Waals surface area contributed by atoms with Gasteiger partial charge >= 0.3 is 0 Å². The first-order chi connectivity index (χ1) is 10.1. The van der Waals surface area contributed by atoms with E-state index in [1.165, 1.54) is 4.90 Å². The predicted octanol–water partition coefficient (Wildman–Crippen LogP) is 0.637. The number of benzene rings is 1. The number of likely N-dealkylation sites (tertiary alicyclic amines) is 1. The van der Waals surface area contributed by atoms with Gasteiger partial charge in [-0.05, 0) is 24.8 Å². The molecule has 0 unspecified atom stereocenters. The molecule has 2 N–H and O–H groups in total. The molecule has 5 nitrogen and oxygen atoms in total. The van der Waals surface area contributed by atoms with Gasteiger partial charge in [-0.3, -0.25) is 9.59 Å². The van der Waals surface area contributed by atoms with E-state index in [-0.39, 0.29) is 18.4 Å². The molecule has 0 radical (unpaired) electrons. The van der Waals surface area contributed by atoms with Crippen molar-refractivity contribution in [2.24, 2.45) is 5.73 Å². The standard InChI is InChI=1S/C16H23N3O2/c1-18(12-15(20)19-9-5-6-10-19)16(21)14(17)11-13-7-3-2-4-8-13/h2-4,7-8,14H,5-6,9-12,17H2,1H3/t14-/m0/s1. The third-order valence-corrected chi connectivity index (χ3v) is 3.82. The molecule has 0 saturated carbocycles. The molecule has 0 aromatic heterocycles. The van der Waals surface area contributed by atoms with Crippen LogP contribution in [0.4, 0.5) is 0 Å². The Hall–Kier alpha value is -1.88. The number of carbonyl (C=O) groups excluding carboxylic acids is 2. The summed E-state index contributed by atoms with van der Waals surface area (Å²) in [6.07, 6.45) is 2.59. The molecule has 2 rings (SSSR count). The molecule has 5 heteroatoms. The first-order valence-electron chi connectivity index (χ1n) is 7.40. The van der Waals surface area contributed by atoms with Gasteiger partial charge in [0.15, 0.2) is 0 Å². The van der Waals surface area contributed by atoms with Crippen molar-refractivity contribution in [1.29, 1.82) is 0 Å². The Morgan fingerprint density at radius 2 is 1.86 bits per heavy atom. The van der Waals surface area contributed by atoms with Gasteiger partial charge in [0.2, 0.25) is 11.8 Å². The van der Waals surface area contributed by atoms with Crippen LogP contribution in [0.25, 0.3) is 0 Å². The molecule has 2 amide bonds. The van der Waals surface area contributed by atoms with E-state index in [4.69, 9.17) is 5.73 Å². The van der Waals surface area contributed by atoms with Crippen molar-refractivity contribution in [1.82, 2.24) is 9.80 Å². The summed E-state index contributed by atoms with van der Waals surface area (Å²) in [6.45, 7) is 1.72. The van der Waals surface area contributed by atoms with Gasteiger partial charge in [0.1, 0.15) is 0 Å². The minimum Gasteiger partial charge on any atom is -0.341 e. The summed E-state index contributed by atoms with van der Waals surface area (Å²) in [7, 11) is 1.64. The monoisotopic (exact) mass is 289 g/mol. The molecule has 21 heavy (non-hydrogen) atoms. The van der Waals surface area contributed by atoms with Crippen LogP contribution in [0.3, 0.4) is 0 Å². The van der Waals surface area contributed by atoms with Crippen molar-refractivity contribution >= 4 is 11.8 Å². The first-order valence-corrected chi connectivity index (χ1v) is 7.40. The van der Waals surface area contributed by atoms with Crippen LogP contribution in [0.5, 0.6) is 0 Å². The number of likely N-dealkylation sites (N-methyl/N-ethyl adjacent to an activating group) is 1. The number of nitrogens with zero attached hydrogens (tertiary/aromatic N) is 2. The van der Waals surface area contributed by atoms with Crippen LogP contribution in [0.15, 0.2) is 30.3 Å². The summed E-state index contributed by atoms with van der Waals surface area (Å²) in [5, 5.41) is 0. The van der Waals surface area contributed by atoms with Gasteiger partial charge < -0.3 is 15.5 Å². The van der Waals surface area contributed by atoms with Gasteiger partial charge in [0, 0.05) is 20.1 Å². The van der Waals surface area contributed by atoms with Gasteiger partial charge in [-0.1, -0.05) is 30.3 Å². The van der Waals surface area contributed by atoms with Crippen molar-refractivity contribution in [3.05, 3.63) is 35.9 Å². The summed E-state index contributed by atoms with van der Waals surface area (Å²) in [5.74, 6) is -0.179. The van der Waals surface area contributed by atoms with Crippen LogP contribution in [-0.4, -0.2) is 54.3 Å². The molecule has 1 aromatic rings. The van der Waals surface area contributed by atoms with Crippen molar-refractivity contribution in [2.45, 2.75) is 25.3 Å². The van der Waals surface area contributed by atoms with E-state index in [9.17, 15) is 9.59 Å². The molecule has 1 atom stereocenters. The molecular weight excluding hydrogens is 266 g/mol. The molecule has 0 aliphatic carbocycles. The number of amides is 2. The number of nitrogens with two attached hydrogens (primary N) is 1. The lowest BCUT2D eigenvalue weighted by Crippen LogP contribution is -2.47. The molecule has 0 bridgehead atoms. The minimum absolute atomic E-state index is 0.00950. The lowest BCUT2D eigenvalue weighted by molar-refractivity contribution is -0.139. The maximum Gasteiger partial charge on any atom is 0.242 e. The van der Waals surface area contributed by atoms with Gasteiger partial charge in [-0.25, -0.2) is 0 Å². The topological polar surface area (TPSA) is 66.6 Å². The highest BCUT2D eigenvalue weighted by Gasteiger charge is 2.24. The molecule has 1 fully saturated rings. The quantitative estimate of drug-likeness (QED) is 0.865. The second-order valence-corrected chi connectivity index (χ2v) is 5.58. The number of carbonyl (C=O) groups is 2. The summed E-state index contributed by atoms with van der Waals surface area (Å²) in [4.78, 5) is 27.5. The minimum atomic E-state index is -0.608. The molecule has 1 saturated heterocycles. The van der Waals surface area contributed by atoms with Crippen LogP contribution in [0.1, 0.15) is 18.4 Å². The second kappa shape index (κ2) is 7.22. The Morgan fingerprint density at radius 3 is 2.48 bits per heavy atom. The third-order valence-electron chi connectivity index (χ3n) is 3.82. The smallest absolute Gasteiger partial charge is 0.242 e. The number of hydrogen-bond donors (Lipinski definition) is 1. The zero-order valence-corrected chi connectivity index (χ0v) is 12.5. The molecule has 1 aliphatic heterocycles. The van der Waals surface area contributed by atoms with Crippen molar-refractivity contribution < 1.29 is 9.59 Å². The summed E-state index contributed by atoms with van der Waals surface area (Å²) in [6, 6.07) is 9.06. The van der Waals surface area contributed by atoms with Gasteiger partial charge in [-0.15, -0.1) is 0 Å². The van der Waals surface area contributed by atoms with E-state index in [0.29, 0.717) is 6.42 Å². The largest absolute Gasteiger partial charge is 0.341 e. The highest BCUT2D eigenvalue weighted by atomic mass is 16.2. The Balaban J connectivity index is 1.84. The van der Waals surface area contributed by atoms with Crippen LogP contribution in [-0.2, 0) is 16.0 Å². The first kappa shape index (κ1) is 15.5. The highest BCUT2D eigenvalue weighted by Crippen LogP contribution is 2.08. The Kier molecular flexibility index (Phi) is 5.33. The maximum atomic E-state index is 12.2. The average Bonchev–Trinajstić information content (AvgIpc) is 3.01.